The summed E-state index contributed by atoms with van der Waals surface area (Å²) in [4.78, 5) is 9.21. The van der Waals surface area contributed by atoms with Crippen LogP contribution in [0.25, 0.3) is 0 Å². The highest BCUT2D eigenvalue weighted by atomic mass is 16.5. The quantitative estimate of drug-likeness (QED) is 0.792. The van der Waals surface area contributed by atoms with Gasteiger partial charge in [0.2, 0.25) is 0 Å². The number of benzene rings is 1. The Kier molecular flexibility index (Phi) is 4.27. The Hall–Kier alpha value is -1.78. The Balaban J connectivity index is 1.67. The van der Waals surface area contributed by atoms with Crippen LogP contribution in [0.4, 0.5) is 0 Å². The van der Waals surface area contributed by atoms with E-state index in [4.69, 9.17) is 4.74 Å². The molecule has 1 aliphatic rings. The summed E-state index contributed by atoms with van der Waals surface area (Å²) in [5.74, 6) is 0.953. The summed E-state index contributed by atoms with van der Waals surface area (Å²) in [6.45, 7) is 2.34. The number of hydrogen-bond acceptors (Lipinski definition) is 4. The van der Waals surface area contributed by atoms with Crippen LogP contribution in [0.2, 0.25) is 0 Å². The molecule has 1 aromatic heterocycles. The lowest BCUT2D eigenvalue weighted by Crippen LogP contribution is -2.19. The molecular weight excluding hydrogens is 262 g/mol. The summed E-state index contributed by atoms with van der Waals surface area (Å²) in [7, 11) is 1.71. The molecule has 4 heteroatoms. The summed E-state index contributed by atoms with van der Waals surface area (Å²) >= 11 is 0. The van der Waals surface area contributed by atoms with Crippen LogP contribution in [0.5, 0.6) is 0 Å². The molecule has 0 aliphatic heterocycles. The maximum atomic E-state index is 5.01. The normalized spacial score (nSPS) is 15.9. The molecule has 0 radical (unpaired) electrons. The molecule has 0 unspecified atom stereocenters. The van der Waals surface area contributed by atoms with E-state index in [1.165, 1.54) is 5.56 Å². The number of hydrogen-bond donors (Lipinski definition) is 1. The average molecular weight is 283 g/mol. The van der Waals surface area contributed by atoms with Crippen LogP contribution in [0.1, 0.15) is 29.8 Å². The van der Waals surface area contributed by atoms with Crippen molar-refractivity contribution in [2.45, 2.75) is 24.8 Å². The van der Waals surface area contributed by atoms with Gasteiger partial charge in [-0.15, -0.1) is 0 Å². The van der Waals surface area contributed by atoms with Crippen LogP contribution in [-0.2, 0) is 16.7 Å². The fraction of sp³-hybridized carbons (Fsp3) is 0.412. The lowest BCUT2D eigenvalue weighted by molar-refractivity contribution is 0.199. The number of methoxy groups -OCH3 is 1. The minimum atomic E-state index is 0.0588. The van der Waals surface area contributed by atoms with Crippen molar-refractivity contribution >= 4 is 0 Å². The van der Waals surface area contributed by atoms with E-state index in [9.17, 15) is 0 Å². The second-order valence-electron chi connectivity index (χ2n) is 5.53. The Morgan fingerprint density at radius 2 is 1.86 bits per heavy atom. The van der Waals surface area contributed by atoms with Gasteiger partial charge in [0.25, 0.3) is 0 Å². The number of rotatable bonds is 7. The Labute approximate surface area is 125 Å². The zero-order valence-electron chi connectivity index (χ0n) is 12.4. The van der Waals surface area contributed by atoms with E-state index in [2.05, 4.69) is 45.6 Å². The summed E-state index contributed by atoms with van der Waals surface area (Å²) < 4.78 is 5.01. The smallest absolute Gasteiger partial charge is 0.138 e. The molecule has 1 fully saturated rings. The van der Waals surface area contributed by atoms with Crippen LogP contribution < -0.4 is 5.32 Å². The van der Waals surface area contributed by atoms with Gasteiger partial charge in [-0.05, 0) is 18.4 Å². The van der Waals surface area contributed by atoms with Gasteiger partial charge < -0.3 is 10.1 Å². The van der Waals surface area contributed by atoms with Gasteiger partial charge in [0.1, 0.15) is 5.82 Å². The van der Waals surface area contributed by atoms with Crippen LogP contribution in [0.3, 0.4) is 0 Å². The van der Waals surface area contributed by atoms with Crippen molar-refractivity contribution in [2.24, 2.45) is 0 Å². The van der Waals surface area contributed by atoms with Gasteiger partial charge in [-0.2, -0.15) is 0 Å². The zero-order valence-corrected chi connectivity index (χ0v) is 12.4. The van der Waals surface area contributed by atoms with Gasteiger partial charge in [-0.1, -0.05) is 30.3 Å². The molecule has 1 heterocycles. The van der Waals surface area contributed by atoms with Crippen molar-refractivity contribution in [2.75, 3.05) is 20.3 Å². The first kappa shape index (κ1) is 14.2. The van der Waals surface area contributed by atoms with Crippen LogP contribution in [0, 0.1) is 0 Å². The summed E-state index contributed by atoms with van der Waals surface area (Å²) in [5, 5.41) is 3.30. The third kappa shape index (κ3) is 3.12. The second-order valence-corrected chi connectivity index (χ2v) is 5.53. The van der Waals surface area contributed by atoms with Crippen molar-refractivity contribution in [3.05, 3.63) is 59.7 Å². The predicted molar refractivity (Wildman–Crippen MR) is 82.1 cm³/mol. The lowest BCUT2D eigenvalue weighted by atomic mass is 9.95. The standard InChI is InChI=1S/C17H21N3O/c1-21-10-9-18-11-14-12-19-16(20-13-14)17(7-8-17)15-5-3-2-4-6-15/h2-6,12-13,18H,7-11H2,1H3. The fourth-order valence-corrected chi connectivity index (χ4v) is 2.62. The fourth-order valence-electron chi connectivity index (χ4n) is 2.62. The predicted octanol–water partition coefficient (Wildman–Crippen LogP) is 2.29. The topological polar surface area (TPSA) is 47.0 Å². The van der Waals surface area contributed by atoms with E-state index in [0.29, 0.717) is 0 Å². The van der Waals surface area contributed by atoms with Gasteiger partial charge in [-0.3, -0.25) is 0 Å². The number of nitrogens with one attached hydrogen (secondary N) is 1. The molecule has 1 N–H and O–H groups in total. The summed E-state index contributed by atoms with van der Waals surface area (Å²) in [5.41, 5.74) is 2.50. The van der Waals surface area contributed by atoms with Crippen LogP contribution >= 0.6 is 0 Å². The van der Waals surface area contributed by atoms with Gasteiger partial charge >= 0.3 is 0 Å². The van der Waals surface area contributed by atoms with Crippen molar-refractivity contribution in [3.8, 4) is 0 Å². The minimum Gasteiger partial charge on any atom is -0.383 e. The average Bonchev–Trinajstić information content (AvgIpc) is 3.35. The molecule has 1 saturated carbocycles. The molecule has 4 nitrogen and oxygen atoms in total. The molecule has 0 amide bonds. The summed E-state index contributed by atoms with van der Waals surface area (Å²) in [6.07, 6.45) is 6.15. The minimum absolute atomic E-state index is 0.0588. The maximum Gasteiger partial charge on any atom is 0.138 e. The highest BCUT2D eigenvalue weighted by Crippen LogP contribution is 2.51. The number of nitrogens with zero attached hydrogens (tertiary/aromatic N) is 2. The molecule has 3 rings (SSSR count). The number of aromatic nitrogens is 2. The van der Waals surface area contributed by atoms with Crippen molar-refractivity contribution in [1.29, 1.82) is 0 Å². The van der Waals surface area contributed by atoms with Crippen LogP contribution in [0.15, 0.2) is 42.7 Å². The first-order chi connectivity index (χ1) is 10.3. The van der Waals surface area contributed by atoms with E-state index in [-0.39, 0.29) is 5.41 Å². The Bertz CT molecular complexity index is 564. The highest BCUT2D eigenvalue weighted by molar-refractivity contribution is 5.39. The van der Waals surface area contributed by atoms with E-state index in [0.717, 1.165) is 43.9 Å². The van der Waals surface area contributed by atoms with Crippen molar-refractivity contribution in [3.63, 3.8) is 0 Å². The Morgan fingerprint density at radius 3 is 2.48 bits per heavy atom. The van der Waals surface area contributed by atoms with E-state index in [1.807, 2.05) is 12.4 Å². The van der Waals surface area contributed by atoms with Gasteiger partial charge in [0.15, 0.2) is 0 Å². The molecular formula is C17H21N3O. The number of ether oxygens (including phenoxy) is 1. The molecule has 0 atom stereocenters. The monoisotopic (exact) mass is 283 g/mol. The van der Waals surface area contributed by atoms with E-state index < -0.39 is 0 Å². The molecule has 2 aromatic rings. The molecule has 1 aromatic carbocycles. The lowest BCUT2D eigenvalue weighted by Gasteiger charge is -2.14. The summed E-state index contributed by atoms with van der Waals surface area (Å²) in [6, 6.07) is 10.6. The van der Waals surface area contributed by atoms with Gasteiger partial charge in [-0.25, -0.2) is 9.97 Å². The third-order valence-corrected chi connectivity index (χ3v) is 4.02. The molecule has 110 valence electrons. The highest BCUT2D eigenvalue weighted by Gasteiger charge is 2.48. The maximum absolute atomic E-state index is 5.01. The van der Waals surface area contributed by atoms with E-state index >= 15 is 0 Å². The van der Waals surface area contributed by atoms with Gasteiger partial charge in [0.05, 0.1) is 12.0 Å². The van der Waals surface area contributed by atoms with Crippen molar-refractivity contribution in [1.82, 2.24) is 15.3 Å². The van der Waals surface area contributed by atoms with E-state index in [1.54, 1.807) is 7.11 Å². The molecule has 21 heavy (non-hydrogen) atoms. The first-order valence-corrected chi connectivity index (χ1v) is 7.42. The molecule has 0 bridgehead atoms. The van der Waals surface area contributed by atoms with Crippen molar-refractivity contribution < 1.29 is 4.74 Å². The molecule has 1 aliphatic carbocycles. The molecule has 0 spiro atoms. The SMILES string of the molecule is COCCNCc1cnc(C2(c3ccccc3)CC2)nc1. The van der Waals surface area contributed by atoms with Crippen LogP contribution in [-0.4, -0.2) is 30.2 Å². The second kappa shape index (κ2) is 6.33. The largest absolute Gasteiger partial charge is 0.383 e. The Morgan fingerprint density at radius 1 is 1.14 bits per heavy atom. The molecule has 0 saturated heterocycles. The zero-order chi connectivity index (χ0) is 14.5. The first-order valence-electron chi connectivity index (χ1n) is 7.42. The third-order valence-electron chi connectivity index (χ3n) is 4.02. The van der Waals surface area contributed by atoms with Gasteiger partial charge in [0, 0.05) is 38.2 Å².